The molecule has 7 rings (SSSR count). The zero-order valence-electron chi connectivity index (χ0n) is 27.6. The molecule has 2 saturated carbocycles. The van der Waals surface area contributed by atoms with Gasteiger partial charge in [-0.05, 0) is 85.0 Å². The number of nitrogens with one attached hydrogen (secondary N) is 2. The topological polar surface area (TPSA) is 212 Å². The number of hydrogen-bond donors (Lipinski definition) is 7. The molecular formula is C37H36N4O9S. The number of anilines is 1. The van der Waals surface area contributed by atoms with Gasteiger partial charge in [0.05, 0.1) is 11.7 Å². The van der Waals surface area contributed by atoms with Gasteiger partial charge in [-0.15, -0.1) is 0 Å². The summed E-state index contributed by atoms with van der Waals surface area (Å²) in [6.45, 7) is 0.0626. The molecule has 0 aromatic heterocycles. The Morgan fingerprint density at radius 2 is 1.65 bits per heavy atom. The number of alkyl carbamates (subject to hydrolysis) is 1. The SMILES string of the molecule is CN(C)[C@@H]1C(O)C(C(N)=O)C(=O)[C@@]2(O)C(=O)C3=C(O)c4c(O)ccc(NC(=S)NC(=O)OCC5c6ccccc6-c6ccccc65)c4CC3CC12. The number of rotatable bonds is 5. The van der Waals surface area contributed by atoms with Gasteiger partial charge in [0.15, 0.2) is 16.5 Å². The van der Waals surface area contributed by atoms with Crippen molar-refractivity contribution < 1.29 is 44.3 Å². The highest BCUT2D eigenvalue weighted by Gasteiger charge is 2.67. The number of phenols is 1. The summed E-state index contributed by atoms with van der Waals surface area (Å²) in [5, 5.41) is 50.5. The molecule has 4 aliphatic rings. The van der Waals surface area contributed by atoms with Gasteiger partial charge >= 0.3 is 6.09 Å². The van der Waals surface area contributed by atoms with Gasteiger partial charge in [-0.3, -0.25) is 19.7 Å². The third-order valence-corrected chi connectivity index (χ3v) is 11.0. The monoisotopic (exact) mass is 712 g/mol. The van der Waals surface area contributed by atoms with Crippen molar-refractivity contribution in [1.82, 2.24) is 10.2 Å². The van der Waals surface area contributed by atoms with E-state index in [9.17, 15) is 39.6 Å². The van der Waals surface area contributed by atoms with Crippen molar-refractivity contribution in [2.24, 2.45) is 23.5 Å². The van der Waals surface area contributed by atoms with Gasteiger partial charge < -0.3 is 41.1 Å². The number of Topliss-reactive ketones (excluding diaryl/α,β-unsaturated/α-hetero) is 2. The first kappa shape index (κ1) is 34.3. The first-order chi connectivity index (χ1) is 24.2. The Balaban J connectivity index is 1.12. The summed E-state index contributed by atoms with van der Waals surface area (Å²) in [5.41, 5.74) is 7.21. The van der Waals surface area contributed by atoms with Crippen molar-refractivity contribution in [1.29, 1.82) is 0 Å². The van der Waals surface area contributed by atoms with Crippen LogP contribution in [0, 0.1) is 17.8 Å². The average Bonchev–Trinajstić information content (AvgIpc) is 3.40. The fraction of sp³-hybridized carbons (Fsp3) is 0.324. The highest BCUT2D eigenvalue weighted by Crippen LogP contribution is 2.53. The van der Waals surface area contributed by atoms with E-state index in [2.05, 4.69) is 10.6 Å². The van der Waals surface area contributed by atoms with Crippen LogP contribution in [0.15, 0.2) is 66.2 Å². The van der Waals surface area contributed by atoms with E-state index in [1.54, 1.807) is 14.1 Å². The van der Waals surface area contributed by atoms with Crippen molar-refractivity contribution in [3.8, 4) is 16.9 Å². The molecule has 2 amide bonds. The van der Waals surface area contributed by atoms with Crippen LogP contribution < -0.4 is 16.4 Å². The summed E-state index contributed by atoms with van der Waals surface area (Å²) < 4.78 is 5.60. The number of aliphatic hydroxyl groups is 3. The number of carbonyl (C=O) groups is 4. The normalized spacial score (nSPS) is 26.4. The summed E-state index contributed by atoms with van der Waals surface area (Å²) in [5.74, 6) is -8.52. The highest BCUT2D eigenvalue weighted by atomic mass is 32.1. The predicted molar refractivity (Wildman–Crippen MR) is 189 cm³/mol. The van der Waals surface area contributed by atoms with Gasteiger partial charge in [0.25, 0.3) is 0 Å². The van der Waals surface area contributed by atoms with E-state index in [0.717, 1.165) is 22.3 Å². The molecule has 0 spiro atoms. The highest BCUT2D eigenvalue weighted by molar-refractivity contribution is 7.80. The number of nitrogens with two attached hydrogens (primary N) is 1. The third kappa shape index (κ3) is 5.28. The lowest BCUT2D eigenvalue weighted by molar-refractivity contribution is -0.184. The number of hydrogen-bond acceptors (Lipinski definition) is 11. The van der Waals surface area contributed by atoms with Crippen LogP contribution in [0.4, 0.5) is 10.5 Å². The first-order valence-electron chi connectivity index (χ1n) is 16.4. The maximum Gasteiger partial charge on any atom is 0.413 e. The second-order valence-corrected chi connectivity index (χ2v) is 14.1. The number of phenolic OH excluding ortho intramolecular Hbond substituents is 1. The number of benzene rings is 3. The number of aromatic hydroxyl groups is 1. The van der Waals surface area contributed by atoms with Gasteiger partial charge in [-0.25, -0.2) is 4.79 Å². The van der Waals surface area contributed by atoms with Crippen LogP contribution in [0.3, 0.4) is 0 Å². The van der Waals surface area contributed by atoms with Crippen LogP contribution in [0.25, 0.3) is 16.9 Å². The second-order valence-electron chi connectivity index (χ2n) is 13.7. The van der Waals surface area contributed by atoms with E-state index in [1.807, 2.05) is 48.5 Å². The fourth-order valence-electron chi connectivity index (χ4n) is 8.60. The van der Waals surface area contributed by atoms with Crippen LogP contribution in [-0.4, -0.2) is 92.5 Å². The fourth-order valence-corrected chi connectivity index (χ4v) is 8.80. The molecule has 0 heterocycles. The zero-order valence-corrected chi connectivity index (χ0v) is 28.4. The molecule has 51 heavy (non-hydrogen) atoms. The predicted octanol–water partition coefficient (Wildman–Crippen LogP) is 2.36. The van der Waals surface area contributed by atoms with Crippen LogP contribution in [0.1, 0.15) is 34.6 Å². The molecule has 4 aliphatic carbocycles. The van der Waals surface area contributed by atoms with E-state index < -0.39 is 64.8 Å². The number of likely N-dealkylation sites (N-methyl/N-ethyl adjacent to an activating group) is 1. The van der Waals surface area contributed by atoms with Gasteiger partial charge in [0, 0.05) is 29.1 Å². The summed E-state index contributed by atoms with van der Waals surface area (Å²) in [6, 6.07) is 17.6. The molecule has 4 unspecified atom stereocenters. The van der Waals surface area contributed by atoms with Crippen LogP contribution in [-0.2, 0) is 25.5 Å². The quantitative estimate of drug-likeness (QED) is 0.116. The summed E-state index contributed by atoms with van der Waals surface area (Å²) >= 11 is 5.43. The summed E-state index contributed by atoms with van der Waals surface area (Å²) in [7, 11) is 3.16. The number of carbonyl (C=O) groups excluding carboxylic acids is 4. The third-order valence-electron chi connectivity index (χ3n) is 10.8. The van der Waals surface area contributed by atoms with E-state index >= 15 is 0 Å². The van der Waals surface area contributed by atoms with Crippen molar-refractivity contribution >= 4 is 52.3 Å². The van der Waals surface area contributed by atoms with Crippen molar-refractivity contribution in [3.05, 3.63) is 88.5 Å². The van der Waals surface area contributed by atoms with Crippen molar-refractivity contribution in [2.45, 2.75) is 36.5 Å². The maximum absolute atomic E-state index is 14.1. The van der Waals surface area contributed by atoms with Gasteiger partial charge in [0.2, 0.25) is 11.7 Å². The van der Waals surface area contributed by atoms with Gasteiger partial charge in [-0.1, -0.05) is 48.5 Å². The smallest absolute Gasteiger partial charge is 0.413 e. The number of amides is 2. The number of nitrogens with zero attached hydrogens (tertiary/aromatic N) is 1. The Morgan fingerprint density at radius 3 is 2.25 bits per heavy atom. The van der Waals surface area contributed by atoms with Gasteiger partial charge in [-0.2, -0.15) is 0 Å². The van der Waals surface area contributed by atoms with E-state index in [-0.39, 0.29) is 47.4 Å². The molecule has 0 radical (unpaired) electrons. The molecule has 6 atom stereocenters. The summed E-state index contributed by atoms with van der Waals surface area (Å²) in [6.07, 6.45) is -2.40. The molecule has 14 heteroatoms. The zero-order chi connectivity index (χ0) is 36.5. The lowest BCUT2D eigenvalue weighted by Crippen LogP contribution is -2.73. The van der Waals surface area contributed by atoms with E-state index in [4.69, 9.17) is 22.7 Å². The Bertz CT molecular complexity index is 2020. The number of aliphatic hydroxyl groups excluding tert-OH is 2. The molecule has 2 fully saturated rings. The number of thiocarbonyl (C=S) groups is 1. The lowest BCUT2D eigenvalue weighted by Gasteiger charge is -2.53. The molecule has 13 nitrogen and oxygen atoms in total. The molecule has 3 aromatic carbocycles. The van der Waals surface area contributed by atoms with E-state index in [1.165, 1.54) is 17.0 Å². The minimum absolute atomic E-state index is 0.0427. The molecule has 3 aromatic rings. The second kappa shape index (κ2) is 12.6. The molecule has 0 aliphatic heterocycles. The number of ether oxygens (including phenoxy) is 1. The molecular weight excluding hydrogens is 676 g/mol. The number of ketones is 2. The van der Waals surface area contributed by atoms with Crippen molar-refractivity contribution in [2.75, 3.05) is 26.0 Å². The van der Waals surface area contributed by atoms with Crippen LogP contribution in [0.2, 0.25) is 0 Å². The molecule has 264 valence electrons. The summed E-state index contributed by atoms with van der Waals surface area (Å²) in [4.78, 5) is 54.3. The standard InChI is InChI=1S/C37H36N4O9S/c1-41(2)29-23-14-16-13-21-24(11-12-25(42)27(21)30(43)26(16)32(45)37(23,49)33(46)28(31(29)44)34(38)47)39-35(51)40-36(48)50-15-22-19-9-5-3-7-17(19)18-8-4-6-10-20(18)22/h3-12,16,22-23,28-29,31,42-44,49H,13-15H2,1-2H3,(H2,38,47)(H2,39,40,48,51)/t16?,23?,28?,29-,31?,37-/m0/s1. The average molecular weight is 713 g/mol. The lowest BCUT2D eigenvalue weighted by atomic mass is 9.54. The molecule has 8 N–H and O–H groups in total. The molecule has 0 saturated heterocycles. The Kier molecular flexibility index (Phi) is 8.45. The maximum atomic E-state index is 14.1. The first-order valence-corrected chi connectivity index (χ1v) is 16.8. The van der Waals surface area contributed by atoms with E-state index in [0.29, 0.717) is 11.3 Å². The number of primary amides is 1. The number of fused-ring (bicyclic) bond motifs is 6. The molecule has 0 bridgehead atoms. The minimum Gasteiger partial charge on any atom is -0.507 e. The van der Waals surface area contributed by atoms with Crippen molar-refractivity contribution in [3.63, 3.8) is 0 Å². The Hall–Kier alpha value is -5.15. The largest absolute Gasteiger partial charge is 0.507 e. The Morgan fingerprint density at radius 1 is 1.02 bits per heavy atom. The Labute approximate surface area is 297 Å². The van der Waals surface area contributed by atoms with Crippen LogP contribution >= 0.6 is 12.2 Å². The minimum atomic E-state index is -2.76. The van der Waals surface area contributed by atoms with Crippen LogP contribution in [0.5, 0.6) is 5.75 Å². The van der Waals surface area contributed by atoms with Gasteiger partial charge in [0.1, 0.15) is 24.0 Å².